The molecule has 0 atom stereocenters. The lowest BCUT2D eigenvalue weighted by Gasteiger charge is -2.34. The second-order valence-electron chi connectivity index (χ2n) is 5.54. The van der Waals surface area contributed by atoms with Crippen LogP contribution in [0.15, 0.2) is 29.2 Å². The normalized spacial score (nSPS) is 19.3. The highest BCUT2D eigenvalue weighted by Gasteiger charge is 2.32. The average Bonchev–Trinajstić information content (AvgIpc) is 2.38. The van der Waals surface area contributed by atoms with Gasteiger partial charge in [-0.2, -0.15) is 0 Å². The van der Waals surface area contributed by atoms with Gasteiger partial charge in [0.05, 0.1) is 4.90 Å². The highest BCUT2D eigenvalue weighted by Crippen LogP contribution is 2.29. The van der Waals surface area contributed by atoms with Crippen molar-refractivity contribution in [1.29, 1.82) is 0 Å². The number of rotatable bonds is 4. The van der Waals surface area contributed by atoms with Crippen LogP contribution < -0.4 is 10.5 Å². The van der Waals surface area contributed by atoms with E-state index < -0.39 is 10.0 Å². The predicted octanol–water partition coefficient (Wildman–Crippen LogP) is 2.15. The molecule has 2 rings (SSSR count). The number of sulfonamides is 1. The monoisotopic (exact) mass is 282 g/mol. The summed E-state index contributed by atoms with van der Waals surface area (Å²) in [6.45, 7) is 2.22. The first kappa shape index (κ1) is 14.5. The summed E-state index contributed by atoms with van der Waals surface area (Å²) >= 11 is 0. The first-order valence-electron chi connectivity index (χ1n) is 6.79. The zero-order chi connectivity index (χ0) is 13.9. The van der Waals surface area contributed by atoms with Crippen LogP contribution >= 0.6 is 0 Å². The molecule has 4 nitrogen and oxygen atoms in total. The van der Waals surface area contributed by atoms with E-state index in [0.717, 1.165) is 25.7 Å². The van der Waals surface area contributed by atoms with Gasteiger partial charge < -0.3 is 5.73 Å². The summed E-state index contributed by atoms with van der Waals surface area (Å²) < 4.78 is 27.9. The van der Waals surface area contributed by atoms with E-state index in [9.17, 15) is 8.42 Å². The standard InChI is InChI=1S/C14H22N2O2S/c1-14(9-5-2-6-10-14)16-19(17,18)13-8-4-3-7-12(13)11-15/h3-4,7-8,16H,2,5-6,9-11,15H2,1H3. The lowest BCUT2D eigenvalue weighted by Crippen LogP contribution is -2.47. The summed E-state index contributed by atoms with van der Waals surface area (Å²) in [5.41, 5.74) is 5.96. The predicted molar refractivity (Wildman–Crippen MR) is 76.1 cm³/mol. The molecule has 3 N–H and O–H groups in total. The van der Waals surface area contributed by atoms with Gasteiger partial charge in [0.2, 0.25) is 10.0 Å². The summed E-state index contributed by atoms with van der Waals surface area (Å²) in [5.74, 6) is 0. The van der Waals surface area contributed by atoms with Crippen molar-refractivity contribution in [2.45, 2.75) is 56.0 Å². The Morgan fingerprint density at radius 1 is 1.21 bits per heavy atom. The van der Waals surface area contributed by atoms with Gasteiger partial charge in [0, 0.05) is 12.1 Å². The first-order chi connectivity index (χ1) is 8.97. The molecule has 106 valence electrons. The average molecular weight is 282 g/mol. The van der Waals surface area contributed by atoms with E-state index in [1.165, 1.54) is 6.42 Å². The Bertz CT molecular complexity index is 534. The Morgan fingerprint density at radius 3 is 2.47 bits per heavy atom. The van der Waals surface area contributed by atoms with Crippen molar-refractivity contribution in [3.8, 4) is 0 Å². The van der Waals surface area contributed by atoms with Crippen LogP contribution in [-0.2, 0) is 16.6 Å². The Morgan fingerprint density at radius 2 is 1.84 bits per heavy atom. The molecule has 1 aliphatic rings. The fourth-order valence-corrected chi connectivity index (χ4v) is 4.47. The smallest absolute Gasteiger partial charge is 0.241 e. The van der Waals surface area contributed by atoms with Crippen molar-refractivity contribution in [3.05, 3.63) is 29.8 Å². The maximum atomic E-state index is 12.5. The maximum absolute atomic E-state index is 12.5. The Balaban J connectivity index is 2.27. The van der Waals surface area contributed by atoms with E-state index in [4.69, 9.17) is 5.73 Å². The van der Waals surface area contributed by atoms with E-state index >= 15 is 0 Å². The minimum absolute atomic E-state index is 0.230. The minimum Gasteiger partial charge on any atom is -0.326 e. The van der Waals surface area contributed by atoms with Crippen LogP contribution in [0.25, 0.3) is 0 Å². The molecular formula is C14H22N2O2S. The maximum Gasteiger partial charge on any atom is 0.241 e. The number of hydrogen-bond donors (Lipinski definition) is 2. The van der Waals surface area contributed by atoms with Gasteiger partial charge in [0.25, 0.3) is 0 Å². The Kier molecular flexibility index (Phi) is 4.28. The van der Waals surface area contributed by atoms with Gasteiger partial charge in [0.15, 0.2) is 0 Å². The Hall–Kier alpha value is -0.910. The van der Waals surface area contributed by atoms with Gasteiger partial charge in [-0.3, -0.25) is 0 Å². The lowest BCUT2D eigenvalue weighted by molar-refractivity contribution is 0.294. The number of benzene rings is 1. The molecule has 19 heavy (non-hydrogen) atoms. The second kappa shape index (κ2) is 5.61. The molecule has 1 aromatic rings. The van der Waals surface area contributed by atoms with Crippen LogP contribution in [0.4, 0.5) is 0 Å². The van der Waals surface area contributed by atoms with E-state index in [-0.39, 0.29) is 12.1 Å². The highest BCUT2D eigenvalue weighted by molar-refractivity contribution is 7.89. The van der Waals surface area contributed by atoms with Crippen molar-refractivity contribution >= 4 is 10.0 Å². The van der Waals surface area contributed by atoms with Gasteiger partial charge in [-0.05, 0) is 31.4 Å². The molecule has 0 aliphatic heterocycles. The SMILES string of the molecule is CC1(NS(=O)(=O)c2ccccc2CN)CCCCC1. The van der Waals surface area contributed by atoms with Crippen molar-refractivity contribution in [2.24, 2.45) is 5.73 Å². The molecule has 1 saturated carbocycles. The molecule has 1 fully saturated rings. The van der Waals surface area contributed by atoms with Crippen molar-refractivity contribution in [2.75, 3.05) is 0 Å². The molecule has 0 spiro atoms. The molecule has 0 unspecified atom stereocenters. The highest BCUT2D eigenvalue weighted by atomic mass is 32.2. The van der Waals surface area contributed by atoms with Crippen LogP contribution in [0.5, 0.6) is 0 Å². The molecule has 0 saturated heterocycles. The fourth-order valence-electron chi connectivity index (χ4n) is 2.75. The van der Waals surface area contributed by atoms with Crippen LogP contribution in [0, 0.1) is 0 Å². The Labute approximate surface area is 115 Å². The summed E-state index contributed by atoms with van der Waals surface area (Å²) in [5, 5.41) is 0. The summed E-state index contributed by atoms with van der Waals surface area (Å²) in [7, 11) is -3.49. The van der Waals surface area contributed by atoms with Gasteiger partial charge in [-0.1, -0.05) is 37.5 Å². The minimum atomic E-state index is -3.49. The van der Waals surface area contributed by atoms with E-state index in [2.05, 4.69) is 4.72 Å². The van der Waals surface area contributed by atoms with E-state index in [1.807, 2.05) is 13.0 Å². The number of hydrogen-bond acceptors (Lipinski definition) is 3. The molecule has 0 amide bonds. The molecule has 1 aromatic carbocycles. The van der Waals surface area contributed by atoms with Gasteiger partial charge in [-0.15, -0.1) is 0 Å². The molecule has 0 bridgehead atoms. The molecule has 0 aromatic heterocycles. The molecule has 1 aliphatic carbocycles. The van der Waals surface area contributed by atoms with Gasteiger partial charge in [-0.25, -0.2) is 13.1 Å². The molecule has 0 heterocycles. The zero-order valence-electron chi connectivity index (χ0n) is 11.4. The van der Waals surface area contributed by atoms with Gasteiger partial charge >= 0.3 is 0 Å². The lowest BCUT2D eigenvalue weighted by atomic mass is 9.84. The third kappa shape index (κ3) is 3.35. The fraction of sp³-hybridized carbons (Fsp3) is 0.571. The van der Waals surface area contributed by atoms with Crippen LogP contribution in [0.1, 0.15) is 44.6 Å². The van der Waals surface area contributed by atoms with Gasteiger partial charge in [0.1, 0.15) is 0 Å². The van der Waals surface area contributed by atoms with E-state index in [1.54, 1.807) is 18.2 Å². The van der Waals surface area contributed by atoms with Crippen molar-refractivity contribution in [1.82, 2.24) is 4.72 Å². The largest absolute Gasteiger partial charge is 0.326 e. The van der Waals surface area contributed by atoms with E-state index in [0.29, 0.717) is 10.5 Å². The summed E-state index contributed by atoms with van der Waals surface area (Å²) in [6.07, 6.45) is 5.15. The van der Waals surface area contributed by atoms with Crippen molar-refractivity contribution < 1.29 is 8.42 Å². The topological polar surface area (TPSA) is 72.2 Å². The second-order valence-corrected chi connectivity index (χ2v) is 7.19. The van der Waals surface area contributed by atoms with Crippen molar-refractivity contribution in [3.63, 3.8) is 0 Å². The third-order valence-corrected chi connectivity index (χ3v) is 5.56. The summed E-state index contributed by atoms with van der Waals surface area (Å²) in [6, 6.07) is 6.93. The number of nitrogens with one attached hydrogen (secondary N) is 1. The third-order valence-electron chi connectivity index (χ3n) is 3.82. The first-order valence-corrected chi connectivity index (χ1v) is 8.27. The molecule has 5 heteroatoms. The van der Waals surface area contributed by atoms with Crippen LogP contribution in [0.3, 0.4) is 0 Å². The molecule has 0 radical (unpaired) electrons. The quantitative estimate of drug-likeness (QED) is 0.888. The summed E-state index contributed by atoms with van der Waals surface area (Å²) in [4.78, 5) is 0.310. The molecular weight excluding hydrogens is 260 g/mol. The van der Waals surface area contributed by atoms with Crippen LogP contribution in [0.2, 0.25) is 0 Å². The zero-order valence-corrected chi connectivity index (χ0v) is 12.2. The van der Waals surface area contributed by atoms with Crippen LogP contribution in [-0.4, -0.2) is 14.0 Å². The number of nitrogens with two attached hydrogens (primary N) is 1.